The van der Waals surface area contributed by atoms with E-state index in [1.807, 2.05) is 49.4 Å². The summed E-state index contributed by atoms with van der Waals surface area (Å²) >= 11 is 1.00. The van der Waals surface area contributed by atoms with E-state index >= 15 is 0 Å². The Kier molecular flexibility index (Phi) is 5.48. The van der Waals surface area contributed by atoms with Crippen molar-refractivity contribution in [3.8, 4) is 11.6 Å². The lowest BCUT2D eigenvalue weighted by Gasteiger charge is -2.09. The van der Waals surface area contributed by atoms with E-state index in [2.05, 4.69) is 9.97 Å². The number of nitrogens with zero attached hydrogens (tertiary/aromatic N) is 1. The molecule has 6 nitrogen and oxygen atoms in total. The number of hydrogen-bond donors (Lipinski definition) is 3. The monoisotopic (exact) mass is 369 g/mol. The van der Waals surface area contributed by atoms with Crippen LogP contribution in [-0.4, -0.2) is 27.4 Å². The van der Waals surface area contributed by atoms with Gasteiger partial charge in [-0.05, 0) is 36.2 Å². The molecule has 26 heavy (non-hydrogen) atoms. The van der Waals surface area contributed by atoms with Gasteiger partial charge in [-0.25, -0.2) is 0 Å². The van der Waals surface area contributed by atoms with Crippen LogP contribution in [0.25, 0.3) is 0 Å². The summed E-state index contributed by atoms with van der Waals surface area (Å²) in [6.07, 6.45) is 1.30. The van der Waals surface area contributed by atoms with Crippen LogP contribution in [0.3, 0.4) is 0 Å². The topological polar surface area (TPSA) is 99.1 Å². The van der Waals surface area contributed by atoms with Gasteiger partial charge in [-0.3, -0.25) is 20.2 Å². The first-order chi connectivity index (χ1) is 12.5. The van der Waals surface area contributed by atoms with Crippen LogP contribution in [0, 0.1) is 5.41 Å². The fourth-order valence-corrected chi connectivity index (χ4v) is 3.19. The molecule has 7 heteroatoms. The van der Waals surface area contributed by atoms with Gasteiger partial charge in [0.05, 0.1) is 16.3 Å². The highest BCUT2D eigenvalue weighted by Gasteiger charge is 2.08. The average molecular weight is 369 g/mol. The van der Waals surface area contributed by atoms with Gasteiger partial charge in [0.1, 0.15) is 12.4 Å². The maximum Gasteiger partial charge on any atom is 0.307 e. The van der Waals surface area contributed by atoms with Crippen molar-refractivity contribution < 1.29 is 9.84 Å². The van der Waals surface area contributed by atoms with Gasteiger partial charge in [-0.15, -0.1) is 0 Å². The van der Waals surface area contributed by atoms with Crippen LogP contribution in [0.1, 0.15) is 28.8 Å². The zero-order valence-corrected chi connectivity index (χ0v) is 15.1. The lowest BCUT2D eigenvalue weighted by Crippen LogP contribution is -2.13. The van der Waals surface area contributed by atoms with E-state index in [1.54, 1.807) is 0 Å². The number of hydrogen-bond acceptors (Lipinski definition) is 6. The first kappa shape index (κ1) is 17.9. The smallest absolute Gasteiger partial charge is 0.307 e. The van der Waals surface area contributed by atoms with Crippen molar-refractivity contribution in [1.82, 2.24) is 9.97 Å². The van der Waals surface area contributed by atoms with E-state index < -0.39 is 0 Å². The molecule has 134 valence electrons. The summed E-state index contributed by atoms with van der Waals surface area (Å²) in [5.41, 5.74) is 2.85. The van der Waals surface area contributed by atoms with E-state index in [9.17, 15) is 9.90 Å². The van der Waals surface area contributed by atoms with Crippen LogP contribution in [0.5, 0.6) is 11.6 Å². The van der Waals surface area contributed by atoms with Gasteiger partial charge in [-0.1, -0.05) is 36.5 Å². The molecule has 0 spiro atoms. The van der Waals surface area contributed by atoms with Crippen LogP contribution >= 0.6 is 11.3 Å². The third-order valence-electron chi connectivity index (χ3n) is 3.85. The summed E-state index contributed by atoms with van der Waals surface area (Å²) in [5.74, 6) is 0.576. The molecular weight excluding hydrogens is 350 g/mol. The Hall–Kier alpha value is -2.93. The lowest BCUT2D eigenvalue weighted by molar-refractivity contribution is 0.376. The Bertz CT molecular complexity index is 961. The number of aromatic nitrogens is 2. The number of aromatic hydroxyl groups is 1. The highest BCUT2D eigenvalue weighted by Crippen LogP contribution is 2.21. The first-order valence-electron chi connectivity index (χ1n) is 8.21. The molecule has 3 rings (SSSR count). The third-order valence-corrected chi connectivity index (χ3v) is 4.72. The summed E-state index contributed by atoms with van der Waals surface area (Å²) in [6.45, 7) is 2.17. The van der Waals surface area contributed by atoms with Crippen LogP contribution in [-0.2, 0) is 12.8 Å². The second kappa shape index (κ2) is 7.97. The quantitative estimate of drug-likeness (QED) is 0.557. The standard InChI is InChI=1S/C19H19N3O3S/c1-2-13-4-3-5-16(21-13)15(20)11-25-14-8-6-12(7-9-14)10-17-18(23)22-19(24)26-17/h3-9,20,23H,2,10-11H2,1H3,(H,22,24). The molecule has 0 unspecified atom stereocenters. The fourth-order valence-electron chi connectivity index (χ4n) is 2.43. The zero-order valence-electron chi connectivity index (χ0n) is 14.3. The molecule has 2 heterocycles. The van der Waals surface area contributed by atoms with Gasteiger partial charge >= 0.3 is 4.87 Å². The Balaban J connectivity index is 1.59. The van der Waals surface area contributed by atoms with Gasteiger partial charge in [0.25, 0.3) is 0 Å². The van der Waals surface area contributed by atoms with Crippen molar-refractivity contribution in [2.45, 2.75) is 19.8 Å². The summed E-state index contributed by atoms with van der Waals surface area (Å²) in [7, 11) is 0. The highest BCUT2D eigenvalue weighted by molar-refractivity contribution is 7.09. The number of ether oxygens (including phenoxy) is 1. The molecule has 0 atom stereocenters. The Labute approximate surface area is 154 Å². The molecule has 2 aromatic heterocycles. The third kappa shape index (κ3) is 4.37. The van der Waals surface area contributed by atoms with Gasteiger partial charge in [-0.2, -0.15) is 0 Å². The molecule has 0 bridgehead atoms. The lowest BCUT2D eigenvalue weighted by atomic mass is 10.1. The van der Waals surface area contributed by atoms with Gasteiger partial charge < -0.3 is 9.84 Å². The molecule has 0 fully saturated rings. The molecule has 3 N–H and O–H groups in total. The second-order valence-corrected chi connectivity index (χ2v) is 6.81. The average Bonchev–Trinajstić information content (AvgIpc) is 2.97. The van der Waals surface area contributed by atoms with E-state index in [4.69, 9.17) is 10.1 Å². The molecule has 1 aromatic carbocycles. The minimum absolute atomic E-state index is 0.0735. The normalized spacial score (nSPS) is 10.7. The van der Waals surface area contributed by atoms with Gasteiger partial charge in [0.15, 0.2) is 0 Å². The number of benzene rings is 1. The summed E-state index contributed by atoms with van der Waals surface area (Å²) in [6, 6.07) is 13.0. The Morgan fingerprint density at radius 3 is 2.69 bits per heavy atom. The van der Waals surface area contributed by atoms with Gasteiger partial charge in [0.2, 0.25) is 5.88 Å². The zero-order chi connectivity index (χ0) is 18.5. The van der Waals surface area contributed by atoms with E-state index in [1.165, 1.54) is 0 Å². The van der Waals surface area contributed by atoms with Crippen LogP contribution in [0.2, 0.25) is 0 Å². The number of H-pyrrole nitrogens is 1. The van der Waals surface area contributed by atoms with Crippen LogP contribution in [0.15, 0.2) is 47.3 Å². The number of aromatic amines is 1. The van der Waals surface area contributed by atoms with E-state index in [0.29, 0.717) is 28.5 Å². The molecule has 0 aliphatic heterocycles. The number of rotatable bonds is 7. The van der Waals surface area contributed by atoms with Crippen molar-refractivity contribution >= 4 is 17.0 Å². The molecule has 0 aliphatic rings. The van der Waals surface area contributed by atoms with Crippen molar-refractivity contribution in [1.29, 1.82) is 5.41 Å². The molecule has 0 aliphatic carbocycles. The van der Waals surface area contributed by atoms with Crippen molar-refractivity contribution in [3.63, 3.8) is 0 Å². The van der Waals surface area contributed by atoms with Crippen molar-refractivity contribution in [3.05, 3.63) is 74.0 Å². The predicted molar refractivity (Wildman–Crippen MR) is 102 cm³/mol. The number of thiazole rings is 1. The maximum atomic E-state index is 11.2. The van der Waals surface area contributed by atoms with Crippen molar-refractivity contribution in [2.75, 3.05) is 6.61 Å². The molecule has 0 amide bonds. The number of aryl methyl sites for hydroxylation is 1. The van der Waals surface area contributed by atoms with Crippen LogP contribution < -0.4 is 9.61 Å². The van der Waals surface area contributed by atoms with Gasteiger partial charge in [0, 0.05) is 12.1 Å². The Morgan fingerprint density at radius 1 is 1.27 bits per heavy atom. The minimum atomic E-state index is -0.267. The van der Waals surface area contributed by atoms with E-state index in [0.717, 1.165) is 29.0 Å². The highest BCUT2D eigenvalue weighted by atomic mass is 32.1. The van der Waals surface area contributed by atoms with Crippen LogP contribution in [0.4, 0.5) is 0 Å². The second-order valence-electron chi connectivity index (χ2n) is 5.74. The number of nitrogens with one attached hydrogen (secondary N) is 2. The maximum absolute atomic E-state index is 11.2. The fraction of sp³-hybridized carbons (Fsp3) is 0.211. The summed E-state index contributed by atoms with van der Waals surface area (Å²) < 4.78 is 5.66. The largest absolute Gasteiger partial charge is 0.494 e. The molecule has 0 saturated heterocycles. The summed E-state index contributed by atoms with van der Waals surface area (Å²) in [5, 5.41) is 17.8. The SMILES string of the molecule is CCc1cccc(C(=N)COc2ccc(Cc3sc(=O)[nH]c3O)cc2)n1. The van der Waals surface area contributed by atoms with Crippen molar-refractivity contribution in [2.24, 2.45) is 0 Å². The molecule has 0 radical (unpaired) electrons. The predicted octanol–water partition coefficient (Wildman–Crippen LogP) is 3.14. The number of pyridine rings is 1. The minimum Gasteiger partial charge on any atom is -0.494 e. The molecule has 0 saturated carbocycles. The molecule has 3 aromatic rings. The first-order valence-corrected chi connectivity index (χ1v) is 9.03. The Morgan fingerprint density at radius 2 is 2.04 bits per heavy atom. The summed E-state index contributed by atoms with van der Waals surface area (Å²) in [4.78, 5) is 18.3. The molecular formula is C19H19N3O3S. The van der Waals surface area contributed by atoms with E-state index in [-0.39, 0.29) is 17.4 Å².